The van der Waals surface area contributed by atoms with Gasteiger partial charge < -0.3 is 30.7 Å². The Kier molecular flexibility index (Phi) is 9.73. The highest BCUT2D eigenvalue weighted by atomic mass is 16.6. The molecule has 1 saturated heterocycles. The van der Waals surface area contributed by atoms with E-state index in [1.807, 2.05) is 6.92 Å². The molecule has 11 heteroatoms. The number of aliphatic carboxylic acids is 1. The number of hydrogen-bond donors (Lipinski definition) is 4. The van der Waals surface area contributed by atoms with Gasteiger partial charge in [-0.25, -0.2) is 9.59 Å². The molecule has 1 heterocycles. The molecule has 31 heavy (non-hydrogen) atoms. The third-order valence-electron chi connectivity index (χ3n) is 4.88. The number of carbonyl (C=O) groups excluding carboxylic acids is 4. The van der Waals surface area contributed by atoms with Crippen molar-refractivity contribution in [3.63, 3.8) is 0 Å². The molecular weight excluding hydrogens is 408 g/mol. The van der Waals surface area contributed by atoms with Crippen molar-refractivity contribution in [3.8, 4) is 0 Å². The molecule has 0 bridgehead atoms. The molecule has 0 aliphatic carbocycles. The normalized spacial score (nSPS) is 18.0. The SMILES string of the molecule is CC[C@H](C)[C@H](NC(=O)[C@@H]1CCCN1C(=O)CNC(=O)CNC(=O)OC(C)(C)C)C(=O)O. The molecule has 11 nitrogen and oxygen atoms in total. The number of carboxylic acids is 1. The molecule has 4 N–H and O–H groups in total. The Balaban J connectivity index is 2.55. The van der Waals surface area contributed by atoms with Gasteiger partial charge in [-0.1, -0.05) is 20.3 Å². The number of nitrogens with one attached hydrogen (secondary N) is 3. The van der Waals surface area contributed by atoms with Gasteiger partial charge in [0, 0.05) is 6.54 Å². The van der Waals surface area contributed by atoms with E-state index >= 15 is 0 Å². The highest BCUT2D eigenvalue weighted by molar-refractivity contribution is 5.93. The fourth-order valence-electron chi connectivity index (χ4n) is 3.08. The molecule has 3 atom stereocenters. The molecule has 1 aliphatic rings. The number of ether oxygens (including phenoxy) is 1. The molecule has 1 aliphatic heterocycles. The van der Waals surface area contributed by atoms with Crippen molar-refractivity contribution in [2.24, 2.45) is 5.92 Å². The average molecular weight is 443 g/mol. The molecule has 176 valence electrons. The van der Waals surface area contributed by atoms with Crippen molar-refractivity contribution in [2.75, 3.05) is 19.6 Å². The molecule has 4 amide bonds. The summed E-state index contributed by atoms with van der Waals surface area (Å²) in [6.45, 7) is 8.27. The van der Waals surface area contributed by atoms with Crippen LogP contribution in [-0.4, -0.2) is 77.1 Å². The lowest BCUT2D eigenvalue weighted by Gasteiger charge is -2.27. The Morgan fingerprint density at radius 2 is 1.77 bits per heavy atom. The first-order valence-electron chi connectivity index (χ1n) is 10.4. The van der Waals surface area contributed by atoms with Crippen LogP contribution in [0.4, 0.5) is 4.79 Å². The molecule has 0 spiro atoms. The van der Waals surface area contributed by atoms with Crippen molar-refractivity contribution < 1.29 is 33.8 Å². The number of hydrogen-bond acceptors (Lipinski definition) is 6. The summed E-state index contributed by atoms with van der Waals surface area (Å²) in [4.78, 5) is 61.3. The average Bonchev–Trinajstić information content (AvgIpc) is 3.16. The monoisotopic (exact) mass is 442 g/mol. The maximum absolute atomic E-state index is 12.6. The highest BCUT2D eigenvalue weighted by Crippen LogP contribution is 2.18. The van der Waals surface area contributed by atoms with Gasteiger partial charge in [-0.3, -0.25) is 14.4 Å². The number of alkyl carbamates (subject to hydrolysis) is 1. The van der Waals surface area contributed by atoms with Crippen LogP contribution in [0, 0.1) is 5.92 Å². The standard InChI is InChI=1S/C20H34N4O7/c1-6-12(2)16(18(28)29)23-17(27)13-8-7-9-24(13)15(26)11-21-14(25)10-22-19(30)31-20(3,4)5/h12-13,16H,6-11H2,1-5H3,(H,21,25)(H,22,30)(H,23,27)(H,28,29)/t12-,13-,16-/m0/s1. The van der Waals surface area contributed by atoms with Gasteiger partial charge in [0.1, 0.15) is 24.2 Å². The summed E-state index contributed by atoms with van der Waals surface area (Å²) in [6, 6.07) is -1.82. The zero-order valence-electron chi connectivity index (χ0n) is 18.8. The minimum atomic E-state index is -1.12. The van der Waals surface area contributed by atoms with Crippen LogP contribution in [0.1, 0.15) is 53.9 Å². The van der Waals surface area contributed by atoms with Gasteiger partial charge in [0.25, 0.3) is 0 Å². The van der Waals surface area contributed by atoms with Crippen LogP contribution in [-0.2, 0) is 23.9 Å². The Morgan fingerprint density at radius 3 is 2.32 bits per heavy atom. The lowest BCUT2D eigenvalue weighted by Crippen LogP contribution is -2.54. The van der Waals surface area contributed by atoms with Crippen LogP contribution in [0.5, 0.6) is 0 Å². The second-order valence-corrected chi connectivity index (χ2v) is 8.59. The van der Waals surface area contributed by atoms with Gasteiger partial charge in [-0.15, -0.1) is 0 Å². The third-order valence-corrected chi connectivity index (χ3v) is 4.88. The van der Waals surface area contributed by atoms with Crippen molar-refractivity contribution in [1.82, 2.24) is 20.9 Å². The van der Waals surface area contributed by atoms with E-state index in [2.05, 4.69) is 16.0 Å². The molecular formula is C20H34N4O7. The van der Waals surface area contributed by atoms with Crippen LogP contribution >= 0.6 is 0 Å². The maximum atomic E-state index is 12.6. The quantitative estimate of drug-likeness (QED) is 0.399. The number of carboxylic acid groups (broad SMARTS) is 1. The van der Waals surface area contributed by atoms with E-state index in [4.69, 9.17) is 4.74 Å². The second kappa shape index (κ2) is 11.5. The summed E-state index contributed by atoms with van der Waals surface area (Å²) >= 11 is 0. The molecule has 0 aromatic heterocycles. The Morgan fingerprint density at radius 1 is 1.13 bits per heavy atom. The maximum Gasteiger partial charge on any atom is 0.408 e. The predicted molar refractivity (Wildman–Crippen MR) is 111 cm³/mol. The topological polar surface area (TPSA) is 154 Å². The molecule has 0 aromatic rings. The first kappa shape index (κ1) is 26.2. The Hall–Kier alpha value is -2.85. The van der Waals surface area contributed by atoms with Gasteiger partial charge >= 0.3 is 12.1 Å². The van der Waals surface area contributed by atoms with Gasteiger partial charge in [0.2, 0.25) is 17.7 Å². The van der Waals surface area contributed by atoms with Crippen LogP contribution in [0.2, 0.25) is 0 Å². The lowest BCUT2D eigenvalue weighted by atomic mass is 9.99. The molecule has 0 aromatic carbocycles. The zero-order valence-corrected chi connectivity index (χ0v) is 18.8. The van der Waals surface area contributed by atoms with Crippen LogP contribution < -0.4 is 16.0 Å². The van der Waals surface area contributed by atoms with E-state index in [1.54, 1.807) is 27.7 Å². The first-order valence-corrected chi connectivity index (χ1v) is 10.4. The summed E-state index contributed by atoms with van der Waals surface area (Å²) in [7, 11) is 0. The van der Waals surface area contributed by atoms with Crippen molar-refractivity contribution in [3.05, 3.63) is 0 Å². The van der Waals surface area contributed by atoms with E-state index in [1.165, 1.54) is 4.90 Å². The van der Waals surface area contributed by atoms with Crippen molar-refractivity contribution >= 4 is 29.8 Å². The number of nitrogens with zero attached hydrogens (tertiary/aromatic N) is 1. The summed E-state index contributed by atoms with van der Waals surface area (Å²) in [6.07, 6.45) is 0.838. The van der Waals surface area contributed by atoms with E-state index in [0.29, 0.717) is 25.8 Å². The Bertz CT molecular complexity index is 690. The van der Waals surface area contributed by atoms with E-state index in [0.717, 1.165) is 0 Å². The summed E-state index contributed by atoms with van der Waals surface area (Å²) < 4.78 is 5.02. The van der Waals surface area contributed by atoms with Gasteiger partial charge in [-0.05, 0) is 39.5 Å². The van der Waals surface area contributed by atoms with Crippen LogP contribution in [0.15, 0.2) is 0 Å². The van der Waals surface area contributed by atoms with E-state index in [-0.39, 0.29) is 19.0 Å². The predicted octanol–water partition coefficient (Wildman–Crippen LogP) is 0.234. The number of rotatable bonds is 9. The van der Waals surface area contributed by atoms with Crippen molar-refractivity contribution in [2.45, 2.75) is 71.6 Å². The second-order valence-electron chi connectivity index (χ2n) is 8.59. The zero-order chi connectivity index (χ0) is 23.8. The molecule has 0 unspecified atom stereocenters. The highest BCUT2D eigenvalue weighted by Gasteiger charge is 2.36. The largest absolute Gasteiger partial charge is 0.480 e. The van der Waals surface area contributed by atoms with Crippen LogP contribution in [0.3, 0.4) is 0 Å². The molecule has 0 radical (unpaired) electrons. The fraction of sp³-hybridized carbons (Fsp3) is 0.750. The summed E-state index contributed by atoms with van der Waals surface area (Å²) in [5.41, 5.74) is -0.698. The van der Waals surface area contributed by atoms with Gasteiger partial charge in [0.05, 0.1) is 6.54 Å². The molecule has 1 fully saturated rings. The number of carbonyl (C=O) groups is 5. The van der Waals surface area contributed by atoms with Crippen LogP contribution in [0.25, 0.3) is 0 Å². The summed E-state index contributed by atoms with van der Waals surface area (Å²) in [5.74, 6) is -2.94. The minimum Gasteiger partial charge on any atom is -0.480 e. The number of amides is 4. The summed E-state index contributed by atoms with van der Waals surface area (Å²) in [5, 5.41) is 16.6. The number of likely N-dealkylation sites (tertiary alicyclic amines) is 1. The Labute approximate surface area is 182 Å². The lowest BCUT2D eigenvalue weighted by molar-refractivity contribution is -0.145. The molecule has 1 rings (SSSR count). The van der Waals surface area contributed by atoms with Gasteiger partial charge in [-0.2, -0.15) is 0 Å². The van der Waals surface area contributed by atoms with Crippen molar-refractivity contribution in [1.29, 1.82) is 0 Å². The molecule has 0 saturated carbocycles. The van der Waals surface area contributed by atoms with E-state index < -0.39 is 47.5 Å². The first-order chi connectivity index (χ1) is 14.4. The fourth-order valence-corrected chi connectivity index (χ4v) is 3.08. The van der Waals surface area contributed by atoms with E-state index in [9.17, 15) is 29.1 Å². The smallest absolute Gasteiger partial charge is 0.408 e. The van der Waals surface area contributed by atoms with Gasteiger partial charge in [0.15, 0.2) is 0 Å². The third kappa shape index (κ3) is 8.81. The minimum absolute atomic E-state index is 0.260.